The van der Waals surface area contributed by atoms with Crippen LogP contribution in [-0.2, 0) is 0 Å². The minimum Gasteiger partial charge on any atom is -0.478 e. The molecule has 0 unspecified atom stereocenters. The van der Waals surface area contributed by atoms with E-state index < -0.39 is 0 Å². The Balaban J connectivity index is 2.48. The van der Waals surface area contributed by atoms with Crippen molar-refractivity contribution in [3.63, 3.8) is 0 Å². The van der Waals surface area contributed by atoms with Crippen LogP contribution in [0.25, 0.3) is 16.7 Å². The third-order valence-electron chi connectivity index (χ3n) is 4.34. The molecule has 0 spiro atoms. The molecule has 0 saturated carbocycles. The number of aliphatic imine (C=N–C) groups is 1. The number of nitrogens with zero attached hydrogens (tertiary/aromatic N) is 2. The lowest BCUT2D eigenvalue weighted by Crippen LogP contribution is -1.97. The normalized spacial score (nSPS) is 11.9. The second-order valence-electron chi connectivity index (χ2n) is 7.40. The zero-order valence-electron chi connectivity index (χ0n) is 18.5. The average molecular weight is 389 g/mol. The van der Waals surface area contributed by atoms with Gasteiger partial charge >= 0.3 is 0 Å². The Morgan fingerprint density at radius 1 is 1.14 bits per heavy atom. The van der Waals surface area contributed by atoms with Gasteiger partial charge in [-0.15, -0.1) is 0 Å². The molecule has 0 amide bonds. The van der Waals surface area contributed by atoms with E-state index in [9.17, 15) is 0 Å². The molecule has 1 aromatic heterocycles. The van der Waals surface area contributed by atoms with Gasteiger partial charge in [0, 0.05) is 29.1 Å². The van der Waals surface area contributed by atoms with Crippen molar-refractivity contribution in [3.05, 3.63) is 77.7 Å². The van der Waals surface area contributed by atoms with Gasteiger partial charge in [0.1, 0.15) is 0 Å². The smallest absolute Gasteiger partial charge is 0.213 e. The quantitative estimate of drug-likeness (QED) is 0.354. The molecular formula is C26H32N2O. The number of ether oxygens (including phenoxy) is 1. The van der Waals surface area contributed by atoms with Gasteiger partial charge in [-0.25, -0.2) is 4.98 Å². The summed E-state index contributed by atoms with van der Waals surface area (Å²) in [6, 6.07) is 10.5. The molecule has 0 aliphatic carbocycles. The first-order valence-corrected chi connectivity index (χ1v) is 10.1. The molecule has 1 aromatic carbocycles. The fraction of sp³-hybridized carbons (Fsp3) is 0.308. The van der Waals surface area contributed by atoms with Crippen molar-refractivity contribution in [3.8, 4) is 17.0 Å². The van der Waals surface area contributed by atoms with E-state index in [0.29, 0.717) is 12.5 Å². The fourth-order valence-corrected chi connectivity index (χ4v) is 3.02. The van der Waals surface area contributed by atoms with Gasteiger partial charge in [0.05, 0.1) is 12.3 Å². The number of allylic oxidation sites excluding steroid dienone is 4. The Morgan fingerprint density at radius 3 is 2.41 bits per heavy atom. The molecule has 0 bridgehead atoms. The number of aryl methyl sites for hydroxylation is 1. The van der Waals surface area contributed by atoms with Crippen molar-refractivity contribution >= 4 is 11.3 Å². The van der Waals surface area contributed by atoms with E-state index in [-0.39, 0.29) is 0 Å². The second kappa shape index (κ2) is 10.6. The Morgan fingerprint density at radius 2 is 1.86 bits per heavy atom. The summed E-state index contributed by atoms with van der Waals surface area (Å²) in [5.74, 6) is 0.663. The summed E-state index contributed by atoms with van der Waals surface area (Å²) < 4.78 is 5.60. The van der Waals surface area contributed by atoms with Crippen LogP contribution < -0.4 is 4.74 Å². The number of hydrogen-bond donors (Lipinski definition) is 0. The summed E-state index contributed by atoms with van der Waals surface area (Å²) in [5.41, 5.74) is 8.56. The van der Waals surface area contributed by atoms with Crippen LogP contribution in [0.2, 0.25) is 0 Å². The van der Waals surface area contributed by atoms with Crippen LogP contribution in [0.5, 0.6) is 5.88 Å². The third-order valence-corrected chi connectivity index (χ3v) is 4.34. The van der Waals surface area contributed by atoms with Gasteiger partial charge in [-0.05, 0) is 75.9 Å². The number of hydrogen-bond acceptors (Lipinski definition) is 3. The first kappa shape index (κ1) is 22.4. The summed E-state index contributed by atoms with van der Waals surface area (Å²) in [6.45, 7) is 17.0. The zero-order chi connectivity index (χ0) is 21.4. The summed E-state index contributed by atoms with van der Waals surface area (Å²) in [5, 5.41) is 0. The van der Waals surface area contributed by atoms with Crippen LogP contribution in [0.15, 0.2) is 71.5 Å². The molecule has 3 nitrogen and oxygen atoms in total. The molecule has 0 atom stereocenters. The molecule has 1 heterocycles. The molecule has 0 fully saturated rings. The molecule has 0 saturated heterocycles. The van der Waals surface area contributed by atoms with Gasteiger partial charge in [0.15, 0.2) is 0 Å². The number of aromatic nitrogens is 1. The van der Waals surface area contributed by atoms with Crippen molar-refractivity contribution in [2.75, 3.05) is 6.61 Å². The number of pyridine rings is 1. The second-order valence-corrected chi connectivity index (χ2v) is 7.40. The summed E-state index contributed by atoms with van der Waals surface area (Å²) in [4.78, 5) is 9.21. The van der Waals surface area contributed by atoms with Crippen LogP contribution >= 0.6 is 0 Å². The first-order valence-electron chi connectivity index (χ1n) is 10.1. The predicted molar refractivity (Wildman–Crippen MR) is 126 cm³/mol. The number of rotatable bonds is 8. The molecular weight excluding hydrogens is 356 g/mol. The minimum absolute atomic E-state index is 0.663. The van der Waals surface area contributed by atoms with Crippen LogP contribution in [-0.4, -0.2) is 17.3 Å². The number of benzene rings is 1. The standard InChI is InChI=1S/C26H32N2O/c1-8-14-29-26-13-12-22(17-27-26)21-11-10-20(7)24(16-21)23(9-2)25(15-18(3)4)28-19(5)6/h9-13,15-17H,3,8,14H2,1-2,4-7H3/b23-9+,25-15-. The van der Waals surface area contributed by atoms with Gasteiger partial charge in [-0.1, -0.05) is 37.3 Å². The highest BCUT2D eigenvalue weighted by atomic mass is 16.5. The van der Waals surface area contributed by atoms with Crippen LogP contribution in [0.4, 0.5) is 0 Å². The predicted octanol–water partition coefficient (Wildman–Crippen LogP) is 7.19. The largest absolute Gasteiger partial charge is 0.478 e. The van der Waals surface area contributed by atoms with E-state index in [4.69, 9.17) is 9.73 Å². The lowest BCUT2D eigenvalue weighted by Gasteiger charge is -2.14. The van der Waals surface area contributed by atoms with Crippen molar-refractivity contribution in [1.29, 1.82) is 0 Å². The van der Waals surface area contributed by atoms with Crippen molar-refractivity contribution in [2.45, 2.75) is 48.0 Å². The Bertz CT molecular complexity index is 943. The van der Waals surface area contributed by atoms with Crippen LogP contribution in [0.3, 0.4) is 0 Å². The molecule has 0 aliphatic heterocycles. The van der Waals surface area contributed by atoms with Gasteiger partial charge in [-0.2, -0.15) is 0 Å². The van der Waals surface area contributed by atoms with Crippen LogP contribution in [0.1, 0.15) is 52.2 Å². The van der Waals surface area contributed by atoms with Crippen LogP contribution in [0, 0.1) is 6.92 Å². The fourth-order valence-electron chi connectivity index (χ4n) is 3.02. The highest BCUT2D eigenvalue weighted by molar-refractivity contribution is 5.88. The molecule has 2 aromatic rings. The van der Waals surface area contributed by atoms with Crippen molar-refractivity contribution in [2.24, 2.45) is 4.99 Å². The van der Waals surface area contributed by atoms with Gasteiger partial charge in [0.25, 0.3) is 0 Å². The molecule has 0 radical (unpaired) electrons. The Hall–Kier alpha value is -2.94. The molecule has 0 aliphatic rings. The maximum Gasteiger partial charge on any atom is 0.213 e. The topological polar surface area (TPSA) is 34.5 Å². The first-order chi connectivity index (χ1) is 13.8. The molecule has 29 heavy (non-hydrogen) atoms. The summed E-state index contributed by atoms with van der Waals surface area (Å²) in [6.07, 6.45) is 6.99. The maximum atomic E-state index is 5.60. The molecule has 152 valence electrons. The third kappa shape index (κ3) is 6.28. The SMILES string of the molecule is C=C(C)/C=C(N=C(C)C)/C(=C/C)c1cc(-c2ccc(OCCC)nc2)ccc1C. The van der Waals surface area contributed by atoms with Gasteiger partial charge in [-0.3, -0.25) is 4.99 Å². The average Bonchev–Trinajstić information content (AvgIpc) is 2.68. The Labute approximate surface area is 175 Å². The molecule has 3 heteroatoms. The summed E-state index contributed by atoms with van der Waals surface area (Å²) >= 11 is 0. The van der Waals surface area contributed by atoms with Crippen molar-refractivity contribution < 1.29 is 4.74 Å². The molecule has 0 N–H and O–H groups in total. The van der Waals surface area contributed by atoms with Crippen molar-refractivity contribution in [1.82, 2.24) is 4.98 Å². The van der Waals surface area contributed by atoms with Gasteiger partial charge in [0.2, 0.25) is 5.88 Å². The van der Waals surface area contributed by atoms with Gasteiger partial charge < -0.3 is 4.74 Å². The highest BCUT2D eigenvalue weighted by Gasteiger charge is 2.12. The van der Waals surface area contributed by atoms with E-state index in [1.165, 1.54) is 5.56 Å². The molecule has 2 rings (SSSR count). The lowest BCUT2D eigenvalue weighted by atomic mass is 9.93. The zero-order valence-corrected chi connectivity index (χ0v) is 18.5. The van der Waals surface area contributed by atoms with E-state index in [1.807, 2.05) is 39.1 Å². The van der Waals surface area contributed by atoms with E-state index >= 15 is 0 Å². The Kier molecular flexibility index (Phi) is 8.14. The lowest BCUT2D eigenvalue weighted by molar-refractivity contribution is 0.305. The summed E-state index contributed by atoms with van der Waals surface area (Å²) in [7, 11) is 0. The minimum atomic E-state index is 0.663. The maximum absolute atomic E-state index is 5.60. The monoisotopic (exact) mass is 388 g/mol. The van der Waals surface area contributed by atoms with E-state index in [0.717, 1.165) is 45.7 Å². The highest BCUT2D eigenvalue weighted by Crippen LogP contribution is 2.32. The van der Waals surface area contributed by atoms with E-state index in [2.05, 4.69) is 62.7 Å². The van der Waals surface area contributed by atoms with E-state index in [1.54, 1.807) is 0 Å².